The monoisotopic (exact) mass is 355 g/mol. The number of nitrogens with two attached hydrogens (primary N) is 2. The Kier molecular flexibility index (Phi) is 5.61. The number of nitrogen functional groups attached to an aromatic ring is 1. The number of nitriles is 1. The number of nitrogens with one attached hydrogen (secondary N) is 2. The molecule has 25 heavy (non-hydrogen) atoms. The van der Waals surface area contributed by atoms with Gasteiger partial charge in [0.05, 0.1) is 10.7 Å². The van der Waals surface area contributed by atoms with Crippen molar-refractivity contribution in [1.82, 2.24) is 0 Å². The van der Waals surface area contributed by atoms with Crippen molar-refractivity contribution in [3.05, 3.63) is 64.8 Å². The highest BCUT2D eigenvalue weighted by molar-refractivity contribution is 6.34. The number of hydrogen-bond acceptors (Lipinski definition) is 5. The van der Waals surface area contributed by atoms with Gasteiger partial charge in [-0.3, -0.25) is 9.59 Å². The minimum Gasteiger partial charge on any atom is -0.399 e. The van der Waals surface area contributed by atoms with Crippen molar-refractivity contribution >= 4 is 40.5 Å². The van der Waals surface area contributed by atoms with Gasteiger partial charge < -0.3 is 22.1 Å². The maximum atomic E-state index is 12.2. The molecule has 2 amide bonds. The number of nitrogens with zero attached hydrogens (tertiary/aromatic N) is 1. The standard InChI is InChI=1S/C17H14ClN5O2/c18-14-7-12(20)3-6-15(14)23-17(25)11(8-19)9-22-13-4-1-10(2-5-13)16(21)24/h1-7,9,22H,20H2,(H2,21,24)(H,23,25)/b11-9-. The van der Waals surface area contributed by atoms with Crippen LogP contribution in [0.1, 0.15) is 10.4 Å². The normalized spacial score (nSPS) is 10.6. The minimum atomic E-state index is -0.629. The van der Waals surface area contributed by atoms with Crippen LogP contribution in [-0.2, 0) is 4.79 Å². The van der Waals surface area contributed by atoms with Gasteiger partial charge in [-0.25, -0.2) is 0 Å². The van der Waals surface area contributed by atoms with Crippen molar-refractivity contribution in [3.8, 4) is 6.07 Å². The van der Waals surface area contributed by atoms with E-state index in [1.807, 2.05) is 0 Å². The number of benzene rings is 2. The highest BCUT2D eigenvalue weighted by atomic mass is 35.5. The number of primary amides is 1. The first-order chi connectivity index (χ1) is 11.9. The van der Waals surface area contributed by atoms with Crippen LogP contribution in [0.3, 0.4) is 0 Å². The molecule has 0 atom stereocenters. The molecule has 0 unspecified atom stereocenters. The maximum Gasteiger partial charge on any atom is 0.267 e. The molecule has 0 aliphatic rings. The molecule has 2 rings (SSSR count). The van der Waals surface area contributed by atoms with Crippen LogP contribution in [0, 0.1) is 11.3 Å². The van der Waals surface area contributed by atoms with E-state index < -0.39 is 11.8 Å². The molecule has 0 saturated heterocycles. The van der Waals surface area contributed by atoms with Gasteiger partial charge in [0.15, 0.2) is 0 Å². The molecule has 0 fully saturated rings. The van der Waals surface area contributed by atoms with Crippen molar-refractivity contribution in [2.45, 2.75) is 0 Å². The van der Waals surface area contributed by atoms with Gasteiger partial charge >= 0.3 is 0 Å². The number of carbonyl (C=O) groups excluding carboxylic acids is 2. The summed E-state index contributed by atoms with van der Waals surface area (Å²) in [6.45, 7) is 0. The van der Waals surface area contributed by atoms with E-state index in [9.17, 15) is 9.59 Å². The second kappa shape index (κ2) is 7.86. The number of amides is 2. The van der Waals surface area contributed by atoms with E-state index in [-0.39, 0.29) is 10.6 Å². The van der Waals surface area contributed by atoms with E-state index in [2.05, 4.69) is 10.6 Å². The lowest BCUT2D eigenvalue weighted by molar-refractivity contribution is -0.112. The summed E-state index contributed by atoms with van der Waals surface area (Å²) in [5.74, 6) is -1.17. The molecule has 6 N–H and O–H groups in total. The fraction of sp³-hybridized carbons (Fsp3) is 0. The molecule has 0 aliphatic carbocycles. The lowest BCUT2D eigenvalue weighted by atomic mass is 10.2. The van der Waals surface area contributed by atoms with Gasteiger partial charge in [-0.15, -0.1) is 0 Å². The van der Waals surface area contributed by atoms with Gasteiger partial charge in [-0.1, -0.05) is 11.6 Å². The number of anilines is 3. The summed E-state index contributed by atoms with van der Waals surface area (Å²) in [4.78, 5) is 23.2. The fourth-order valence-electron chi connectivity index (χ4n) is 1.86. The average Bonchev–Trinajstić information content (AvgIpc) is 2.58. The summed E-state index contributed by atoms with van der Waals surface area (Å²) in [5.41, 5.74) is 12.3. The molecular formula is C17H14ClN5O2. The van der Waals surface area contributed by atoms with Crippen LogP contribution in [0.25, 0.3) is 0 Å². The van der Waals surface area contributed by atoms with Gasteiger partial charge in [0, 0.05) is 23.1 Å². The third-order valence-electron chi connectivity index (χ3n) is 3.16. The minimum absolute atomic E-state index is 0.160. The molecule has 8 heteroatoms. The van der Waals surface area contributed by atoms with E-state index >= 15 is 0 Å². The van der Waals surface area contributed by atoms with E-state index in [1.54, 1.807) is 30.3 Å². The molecule has 126 valence electrons. The third-order valence-corrected chi connectivity index (χ3v) is 3.47. The van der Waals surface area contributed by atoms with Crippen molar-refractivity contribution in [2.24, 2.45) is 5.73 Å². The Labute approximate surface area is 148 Å². The fourth-order valence-corrected chi connectivity index (χ4v) is 2.09. The summed E-state index contributed by atoms with van der Waals surface area (Å²) < 4.78 is 0. The van der Waals surface area contributed by atoms with Crippen molar-refractivity contribution in [1.29, 1.82) is 5.26 Å². The maximum absolute atomic E-state index is 12.2. The van der Waals surface area contributed by atoms with E-state index in [0.717, 1.165) is 0 Å². The molecule has 0 radical (unpaired) electrons. The number of hydrogen-bond donors (Lipinski definition) is 4. The van der Waals surface area contributed by atoms with Crippen molar-refractivity contribution in [3.63, 3.8) is 0 Å². The second-order valence-corrected chi connectivity index (χ2v) is 5.36. The Morgan fingerprint density at radius 1 is 1.16 bits per heavy atom. The zero-order valence-corrected chi connectivity index (χ0v) is 13.7. The molecule has 0 aromatic heterocycles. The Morgan fingerprint density at radius 2 is 1.84 bits per heavy atom. The smallest absolute Gasteiger partial charge is 0.267 e. The van der Waals surface area contributed by atoms with Gasteiger partial charge in [0.2, 0.25) is 5.91 Å². The van der Waals surface area contributed by atoms with Crippen LogP contribution >= 0.6 is 11.6 Å². The molecule has 0 aliphatic heterocycles. The Bertz CT molecular complexity index is 885. The highest BCUT2D eigenvalue weighted by Crippen LogP contribution is 2.24. The number of rotatable bonds is 5. The molecule has 0 bridgehead atoms. The lowest BCUT2D eigenvalue weighted by Crippen LogP contribution is -2.15. The molecule has 0 saturated carbocycles. The van der Waals surface area contributed by atoms with Gasteiger partial charge in [-0.2, -0.15) is 5.26 Å². The van der Waals surface area contributed by atoms with Gasteiger partial charge in [-0.05, 0) is 42.5 Å². The summed E-state index contributed by atoms with van der Waals surface area (Å²) in [5, 5.41) is 14.7. The molecular weight excluding hydrogens is 342 g/mol. The Morgan fingerprint density at radius 3 is 2.40 bits per heavy atom. The quantitative estimate of drug-likeness (QED) is 0.371. The van der Waals surface area contributed by atoms with Crippen molar-refractivity contribution in [2.75, 3.05) is 16.4 Å². The lowest BCUT2D eigenvalue weighted by Gasteiger charge is -2.08. The summed E-state index contributed by atoms with van der Waals surface area (Å²) in [6.07, 6.45) is 1.25. The van der Waals surface area contributed by atoms with Gasteiger partial charge in [0.25, 0.3) is 5.91 Å². The summed E-state index contributed by atoms with van der Waals surface area (Å²) in [7, 11) is 0. The largest absolute Gasteiger partial charge is 0.399 e. The molecule has 2 aromatic carbocycles. The molecule has 7 nitrogen and oxygen atoms in total. The van der Waals surface area contributed by atoms with Crippen LogP contribution in [0.2, 0.25) is 5.02 Å². The number of carbonyl (C=O) groups is 2. The Balaban J connectivity index is 2.09. The predicted molar refractivity (Wildman–Crippen MR) is 96.8 cm³/mol. The average molecular weight is 356 g/mol. The van der Waals surface area contributed by atoms with Crippen LogP contribution in [0.5, 0.6) is 0 Å². The van der Waals surface area contributed by atoms with Crippen LogP contribution in [0.4, 0.5) is 17.1 Å². The van der Waals surface area contributed by atoms with Crippen molar-refractivity contribution < 1.29 is 9.59 Å². The molecule has 2 aromatic rings. The van der Waals surface area contributed by atoms with E-state index in [0.29, 0.717) is 22.6 Å². The topological polar surface area (TPSA) is 134 Å². The van der Waals surface area contributed by atoms with E-state index in [4.69, 9.17) is 28.3 Å². The third kappa shape index (κ3) is 4.73. The SMILES string of the molecule is N#C/C(=C/Nc1ccc(C(N)=O)cc1)C(=O)Nc1ccc(N)cc1Cl. The predicted octanol–water partition coefficient (Wildman–Crippen LogP) is 2.48. The van der Waals surface area contributed by atoms with Crippen LogP contribution in [-0.4, -0.2) is 11.8 Å². The zero-order valence-electron chi connectivity index (χ0n) is 12.9. The first-order valence-corrected chi connectivity index (χ1v) is 7.41. The molecule has 0 spiro atoms. The molecule has 0 heterocycles. The zero-order chi connectivity index (χ0) is 18.4. The first-order valence-electron chi connectivity index (χ1n) is 7.03. The highest BCUT2D eigenvalue weighted by Gasteiger charge is 2.11. The van der Waals surface area contributed by atoms with Gasteiger partial charge in [0.1, 0.15) is 11.6 Å². The van der Waals surface area contributed by atoms with Crippen LogP contribution < -0.4 is 22.1 Å². The summed E-state index contributed by atoms with van der Waals surface area (Å²) in [6, 6.07) is 12.7. The number of halogens is 1. The first kappa shape index (κ1) is 17.8. The second-order valence-electron chi connectivity index (χ2n) is 4.95. The van der Waals surface area contributed by atoms with Crippen LogP contribution in [0.15, 0.2) is 54.2 Å². The Hall–Kier alpha value is -3.50. The van der Waals surface area contributed by atoms with E-state index in [1.165, 1.54) is 24.4 Å². The summed E-state index contributed by atoms with van der Waals surface area (Å²) >= 11 is 5.98.